The maximum atomic E-state index is 10.7. The summed E-state index contributed by atoms with van der Waals surface area (Å²) in [6, 6.07) is 12.5. The second kappa shape index (κ2) is 13.7. The number of hydrogen-bond acceptors (Lipinski definition) is 4. The molecule has 0 radical (unpaired) electrons. The number of hydroxylamine groups is 2. The van der Waals surface area contributed by atoms with Crippen LogP contribution in [-0.4, -0.2) is 37.9 Å². The van der Waals surface area contributed by atoms with Crippen LogP contribution in [0, 0.1) is 0 Å². The molecule has 25 heavy (non-hydrogen) atoms. The fourth-order valence-electron chi connectivity index (χ4n) is 1.98. The molecule has 2 aromatic rings. The van der Waals surface area contributed by atoms with Crippen molar-refractivity contribution in [2.24, 2.45) is 0 Å². The van der Waals surface area contributed by atoms with E-state index in [4.69, 9.17) is 10.2 Å². The van der Waals surface area contributed by atoms with Gasteiger partial charge in [-0.05, 0) is 35.4 Å². The molecule has 0 fully saturated rings. The van der Waals surface area contributed by atoms with E-state index in [0.717, 1.165) is 16.2 Å². The minimum absolute atomic E-state index is 0. The summed E-state index contributed by atoms with van der Waals surface area (Å²) in [7, 11) is 0. The van der Waals surface area contributed by atoms with Crippen LogP contribution < -0.4 is 103 Å². The molecule has 0 heterocycles. The summed E-state index contributed by atoms with van der Waals surface area (Å²) in [5, 5.41) is 28.6. The summed E-state index contributed by atoms with van der Waals surface area (Å²) in [6.45, 7) is 0.473. The fourth-order valence-corrected chi connectivity index (χ4v) is 1.98. The summed E-state index contributed by atoms with van der Waals surface area (Å²) in [5.74, 6) is -1.99. The molecular formula is C16H19K2NO6. The van der Waals surface area contributed by atoms with E-state index >= 15 is 0 Å². The van der Waals surface area contributed by atoms with Gasteiger partial charge in [-0.2, -0.15) is 5.06 Å². The van der Waals surface area contributed by atoms with Crippen molar-refractivity contribution in [3.8, 4) is 0 Å². The average Bonchev–Trinajstić information content (AvgIpc) is 2.48. The van der Waals surface area contributed by atoms with Gasteiger partial charge in [-0.1, -0.05) is 24.3 Å². The Bertz CT molecular complexity index is 627. The van der Waals surface area contributed by atoms with Crippen molar-refractivity contribution in [2.75, 3.05) is 0 Å². The van der Waals surface area contributed by atoms with E-state index < -0.39 is 11.9 Å². The SMILES string of the molecule is O.O=C(O)c1ccc(CN(O)Cc2ccc(C(=O)O)cc2)cc1.[H-].[H-].[K+].[K+]. The van der Waals surface area contributed by atoms with E-state index in [-0.39, 0.29) is 135 Å². The summed E-state index contributed by atoms with van der Waals surface area (Å²) in [4.78, 5) is 21.5. The van der Waals surface area contributed by atoms with Crippen LogP contribution in [0.25, 0.3) is 0 Å². The number of benzene rings is 2. The third-order valence-electron chi connectivity index (χ3n) is 3.13. The number of carboxylic acid groups (broad SMARTS) is 2. The zero-order chi connectivity index (χ0) is 16.1. The number of rotatable bonds is 6. The molecular weight excluding hydrogens is 380 g/mol. The number of carbonyl (C=O) groups is 2. The summed E-state index contributed by atoms with van der Waals surface area (Å²) in [6.07, 6.45) is 0. The molecule has 0 atom stereocenters. The Morgan fingerprint density at radius 1 is 0.760 bits per heavy atom. The molecule has 2 rings (SSSR count). The van der Waals surface area contributed by atoms with Gasteiger partial charge in [0.1, 0.15) is 0 Å². The molecule has 0 aliphatic heterocycles. The van der Waals surface area contributed by atoms with Crippen molar-refractivity contribution in [3.63, 3.8) is 0 Å². The first-order valence-corrected chi connectivity index (χ1v) is 6.54. The Balaban J connectivity index is -0.000000529. The van der Waals surface area contributed by atoms with Crippen molar-refractivity contribution >= 4 is 11.9 Å². The molecule has 9 heteroatoms. The van der Waals surface area contributed by atoms with E-state index in [9.17, 15) is 14.8 Å². The van der Waals surface area contributed by atoms with Crippen LogP contribution in [0.15, 0.2) is 48.5 Å². The molecule has 7 nitrogen and oxygen atoms in total. The number of carboxylic acids is 2. The van der Waals surface area contributed by atoms with Gasteiger partial charge in [0.05, 0.1) is 11.1 Å². The molecule has 0 unspecified atom stereocenters. The molecule has 5 N–H and O–H groups in total. The van der Waals surface area contributed by atoms with Gasteiger partial charge in [-0.25, -0.2) is 9.59 Å². The van der Waals surface area contributed by atoms with Crippen molar-refractivity contribution in [1.82, 2.24) is 5.06 Å². The Hall–Kier alpha value is 0.533. The van der Waals surface area contributed by atoms with Crippen LogP contribution in [0.5, 0.6) is 0 Å². The predicted octanol–water partition coefficient (Wildman–Crippen LogP) is -4.12. The Morgan fingerprint density at radius 2 is 1.04 bits per heavy atom. The van der Waals surface area contributed by atoms with Crippen LogP contribution in [0.2, 0.25) is 0 Å². The minimum Gasteiger partial charge on any atom is -1.00 e. The van der Waals surface area contributed by atoms with Crippen LogP contribution in [0.1, 0.15) is 34.7 Å². The smallest absolute Gasteiger partial charge is 1.00 e. The quantitative estimate of drug-likeness (QED) is 0.334. The van der Waals surface area contributed by atoms with E-state index in [0.29, 0.717) is 0 Å². The molecule has 0 saturated heterocycles. The average molecular weight is 400 g/mol. The van der Waals surface area contributed by atoms with Gasteiger partial charge >= 0.3 is 115 Å². The van der Waals surface area contributed by atoms with Crippen LogP contribution >= 0.6 is 0 Å². The third-order valence-corrected chi connectivity index (χ3v) is 3.13. The Morgan fingerprint density at radius 3 is 1.28 bits per heavy atom. The summed E-state index contributed by atoms with van der Waals surface area (Å²) >= 11 is 0. The van der Waals surface area contributed by atoms with E-state index in [2.05, 4.69) is 0 Å². The van der Waals surface area contributed by atoms with Crippen molar-refractivity contribution in [1.29, 1.82) is 0 Å². The molecule has 0 bridgehead atoms. The fraction of sp³-hybridized carbons (Fsp3) is 0.125. The summed E-state index contributed by atoms with van der Waals surface area (Å²) < 4.78 is 0. The van der Waals surface area contributed by atoms with Crippen LogP contribution in [0.3, 0.4) is 0 Å². The van der Waals surface area contributed by atoms with Gasteiger partial charge in [0.15, 0.2) is 0 Å². The zero-order valence-electron chi connectivity index (χ0n) is 16.1. The van der Waals surface area contributed by atoms with Gasteiger partial charge in [0.2, 0.25) is 0 Å². The largest absolute Gasteiger partial charge is 1.00 e. The summed E-state index contributed by atoms with van der Waals surface area (Å²) in [5.41, 5.74) is 1.93. The maximum absolute atomic E-state index is 10.7. The van der Waals surface area contributed by atoms with E-state index in [1.807, 2.05) is 0 Å². The molecule has 0 spiro atoms. The van der Waals surface area contributed by atoms with Gasteiger partial charge in [-0.15, -0.1) is 0 Å². The molecule has 2 aromatic carbocycles. The van der Waals surface area contributed by atoms with Crippen LogP contribution in [0.4, 0.5) is 0 Å². The monoisotopic (exact) mass is 399 g/mol. The Labute approximate surface area is 233 Å². The number of nitrogens with zero attached hydrogens (tertiary/aromatic N) is 1. The Kier molecular flexibility index (Phi) is 15.2. The first-order chi connectivity index (χ1) is 10.5. The molecule has 126 valence electrons. The number of hydrogen-bond donors (Lipinski definition) is 3. The third kappa shape index (κ3) is 9.33. The second-order valence-corrected chi connectivity index (χ2v) is 4.83. The molecule has 0 saturated carbocycles. The number of aromatic carboxylic acids is 2. The second-order valence-electron chi connectivity index (χ2n) is 4.83. The van der Waals surface area contributed by atoms with Crippen LogP contribution in [-0.2, 0) is 13.1 Å². The maximum Gasteiger partial charge on any atom is 1.00 e. The van der Waals surface area contributed by atoms with Gasteiger partial charge in [0.25, 0.3) is 0 Å². The zero-order valence-corrected chi connectivity index (χ0v) is 20.4. The minimum atomic E-state index is -0.995. The predicted molar refractivity (Wildman–Crippen MR) is 83.7 cm³/mol. The molecule has 0 amide bonds. The van der Waals surface area contributed by atoms with Gasteiger partial charge < -0.3 is 23.7 Å². The topological polar surface area (TPSA) is 130 Å². The van der Waals surface area contributed by atoms with Crippen molar-refractivity contribution in [2.45, 2.75) is 13.1 Å². The van der Waals surface area contributed by atoms with Crippen molar-refractivity contribution < 1.29 is 136 Å². The van der Waals surface area contributed by atoms with Crippen molar-refractivity contribution in [3.05, 3.63) is 70.8 Å². The standard InChI is InChI=1S/C16H15NO5.2K.H2O.2H/c18-15(19)13-5-1-11(2-6-13)9-17(22)10-12-3-7-14(8-4-12)16(20)21;;;;;/h1-8,22H,9-10H2,(H,18,19)(H,20,21);;;1H2;;/q;2*+1;;2*-1. The first-order valence-electron chi connectivity index (χ1n) is 6.54. The van der Waals surface area contributed by atoms with E-state index in [1.54, 1.807) is 24.3 Å². The molecule has 0 aromatic heterocycles. The molecule has 0 aliphatic carbocycles. The first kappa shape index (κ1) is 27.7. The normalized spacial score (nSPS) is 9.36. The van der Waals surface area contributed by atoms with Gasteiger partial charge in [-0.3, -0.25) is 0 Å². The molecule has 0 aliphatic rings. The van der Waals surface area contributed by atoms with Gasteiger partial charge in [0, 0.05) is 13.1 Å². The van der Waals surface area contributed by atoms with E-state index in [1.165, 1.54) is 24.3 Å².